The molecule has 10 heteroatoms. The third-order valence-corrected chi connectivity index (χ3v) is 8.41. The number of carbonyl (C=O) groups excluding carboxylic acids is 2. The fourth-order valence-corrected chi connectivity index (χ4v) is 5.95. The molecule has 0 unspecified atom stereocenters. The van der Waals surface area contributed by atoms with Crippen molar-refractivity contribution in [1.82, 2.24) is 10.2 Å². The fourth-order valence-electron chi connectivity index (χ4n) is 4.13. The summed E-state index contributed by atoms with van der Waals surface area (Å²) in [4.78, 5) is 28.7. The van der Waals surface area contributed by atoms with Crippen LogP contribution < -0.4 is 14.4 Å². The Morgan fingerprint density at radius 2 is 1.69 bits per heavy atom. The zero-order valence-corrected chi connectivity index (χ0v) is 24.7. The lowest BCUT2D eigenvalue weighted by Crippen LogP contribution is -2.52. The Morgan fingerprint density at radius 1 is 0.974 bits per heavy atom. The van der Waals surface area contributed by atoms with E-state index >= 15 is 0 Å². The monoisotopic (exact) mass is 615 g/mol. The zero-order chi connectivity index (χ0) is 28.4. The molecule has 8 nitrogen and oxygen atoms in total. The molecule has 3 aromatic carbocycles. The third kappa shape index (κ3) is 7.83. The maximum Gasteiger partial charge on any atom is 0.264 e. The largest absolute Gasteiger partial charge is 0.497 e. The first-order valence-corrected chi connectivity index (χ1v) is 15.0. The van der Waals surface area contributed by atoms with Gasteiger partial charge in [-0.15, -0.1) is 0 Å². The molecule has 0 bridgehead atoms. The van der Waals surface area contributed by atoms with E-state index in [-0.39, 0.29) is 17.3 Å². The molecule has 0 aliphatic heterocycles. The van der Waals surface area contributed by atoms with Crippen LogP contribution in [0.3, 0.4) is 0 Å². The van der Waals surface area contributed by atoms with Crippen molar-refractivity contribution in [2.45, 2.75) is 44.2 Å². The number of ether oxygens (including phenoxy) is 1. The van der Waals surface area contributed by atoms with Crippen molar-refractivity contribution in [3.8, 4) is 5.75 Å². The van der Waals surface area contributed by atoms with Crippen molar-refractivity contribution in [3.05, 3.63) is 88.9 Å². The molecule has 0 aromatic heterocycles. The highest BCUT2D eigenvalue weighted by Crippen LogP contribution is 2.27. The number of methoxy groups -OCH3 is 1. The van der Waals surface area contributed by atoms with E-state index in [0.717, 1.165) is 16.3 Å². The van der Waals surface area contributed by atoms with Crippen molar-refractivity contribution < 1.29 is 22.7 Å². The Bertz CT molecular complexity index is 1370. The van der Waals surface area contributed by atoms with Gasteiger partial charge < -0.3 is 15.0 Å². The molecule has 2 amide bonds. The van der Waals surface area contributed by atoms with Gasteiger partial charge in [0.25, 0.3) is 10.0 Å². The number of anilines is 1. The highest BCUT2D eigenvalue weighted by atomic mass is 79.9. The minimum absolute atomic E-state index is 0.0600. The lowest BCUT2D eigenvalue weighted by Gasteiger charge is -2.33. The van der Waals surface area contributed by atoms with Gasteiger partial charge in [0.1, 0.15) is 18.3 Å². The number of nitrogens with zero attached hydrogens (tertiary/aromatic N) is 2. The standard InChI is InChI=1S/C29H34BrN3O5S/c1-4-17-31-29(35)27(5-2)32(20-22-11-9-14-25(18-22)38-3)28(34)21-33(24-13-10-12-23(30)19-24)39(36,37)26-15-7-6-8-16-26/h6-16,18-19,27H,4-5,17,20-21H2,1-3H3,(H,31,35)/t27-/m0/s1. The maximum absolute atomic E-state index is 14.0. The number of amides is 2. The number of carbonyl (C=O) groups is 2. The van der Waals surface area contributed by atoms with Crippen LogP contribution in [0.2, 0.25) is 0 Å². The van der Waals surface area contributed by atoms with Gasteiger partial charge in [0.2, 0.25) is 11.8 Å². The second-order valence-corrected chi connectivity index (χ2v) is 11.7. The van der Waals surface area contributed by atoms with Crippen LogP contribution in [-0.4, -0.2) is 51.4 Å². The number of benzene rings is 3. The minimum Gasteiger partial charge on any atom is -0.497 e. The molecule has 0 radical (unpaired) electrons. The van der Waals surface area contributed by atoms with Gasteiger partial charge >= 0.3 is 0 Å². The highest BCUT2D eigenvalue weighted by Gasteiger charge is 2.33. The Hall–Kier alpha value is -3.37. The summed E-state index contributed by atoms with van der Waals surface area (Å²) in [7, 11) is -2.55. The number of hydrogen-bond donors (Lipinski definition) is 1. The normalized spacial score (nSPS) is 11.9. The van der Waals surface area contributed by atoms with Gasteiger partial charge in [0, 0.05) is 17.6 Å². The lowest BCUT2D eigenvalue weighted by atomic mass is 10.1. The summed E-state index contributed by atoms with van der Waals surface area (Å²) in [6.07, 6.45) is 1.10. The SMILES string of the molecule is CCCNC(=O)[C@H](CC)N(Cc1cccc(OC)c1)C(=O)CN(c1cccc(Br)c1)S(=O)(=O)c1ccccc1. The van der Waals surface area contributed by atoms with Crippen molar-refractivity contribution in [2.24, 2.45) is 0 Å². The molecular formula is C29H34BrN3O5S. The third-order valence-electron chi connectivity index (χ3n) is 6.13. The van der Waals surface area contributed by atoms with Crippen LogP contribution in [-0.2, 0) is 26.2 Å². The van der Waals surface area contributed by atoms with Gasteiger partial charge in [0.05, 0.1) is 17.7 Å². The number of hydrogen-bond acceptors (Lipinski definition) is 5. The second kappa shape index (κ2) is 14.1. The smallest absolute Gasteiger partial charge is 0.264 e. The summed E-state index contributed by atoms with van der Waals surface area (Å²) in [5.74, 6) is -0.169. The summed E-state index contributed by atoms with van der Waals surface area (Å²) in [5.41, 5.74) is 1.08. The van der Waals surface area contributed by atoms with Gasteiger partial charge in [-0.25, -0.2) is 8.42 Å². The summed E-state index contributed by atoms with van der Waals surface area (Å²) in [6.45, 7) is 3.86. The molecule has 0 saturated heterocycles. The van der Waals surface area contributed by atoms with Crippen molar-refractivity contribution in [2.75, 3.05) is 24.5 Å². The topological polar surface area (TPSA) is 96.0 Å². The average Bonchev–Trinajstić information content (AvgIpc) is 2.95. The van der Waals surface area contributed by atoms with E-state index in [0.29, 0.717) is 28.9 Å². The van der Waals surface area contributed by atoms with Crippen LogP contribution in [0.4, 0.5) is 5.69 Å². The number of rotatable bonds is 13. The quantitative estimate of drug-likeness (QED) is 0.292. The number of halogens is 1. The lowest BCUT2D eigenvalue weighted by molar-refractivity contribution is -0.140. The van der Waals surface area contributed by atoms with Gasteiger partial charge in [-0.3, -0.25) is 13.9 Å². The second-order valence-electron chi connectivity index (χ2n) is 8.89. The van der Waals surface area contributed by atoms with Crippen LogP contribution in [0.15, 0.2) is 88.2 Å². The van der Waals surface area contributed by atoms with Gasteiger partial charge in [-0.1, -0.05) is 66.2 Å². The summed E-state index contributed by atoms with van der Waals surface area (Å²) in [5, 5.41) is 2.88. The van der Waals surface area contributed by atoms with Crippen molar-refractivity contribution >= 4 is 43.5 Å². The molecule has 0 heterocycles. The van der Waals surface area contributed by atoms with E-state index in [1.54, 1.807) is 61.7 Å². The molecule has 0 aliphatic rings. The van der Waals surface area contributed by atoms with E-state index in [2.05, 4.69) is 21.2 Å². The first-order chi connectivity index (χ1) is 18.7. The Labute approximate surface area is 239 Å². The Balaban J connectivity index is 2.05. The number of sulfonamides is 1. The molecule has 0 fully saturated rings. The summed E-state index contributed by atoms with van der Waals surface area (Å²) < 4.78 is 34.7. The van der Waals surface area contributed by atoms with E-state index in [9.17, 15) is 18.0 Å². The predicted molar refractivity (Wildman–Crippen MR) is 156 cm³/mol. The Morgan fingerprint density at radius 3 is 2.33 bits per heavy atom. The molecule has 3 rings (SSSR count). The zero-order valence-electron chi connectivity index (χ0n) is 22.3. The highest BCUT2D eigenvalue weighted by molar-refractivity contribution is 9.10. The van der Waals surface area contributed by atoms with Crippen LogP contribution in [0.5, 0.6) is 5.75 Å². The molecule has 1 N–H and O–H groups in total. The Kier molecular flexibility index (Phi) is 10.9. The minimum atomic E-state index is -4.11. The van der Waals surface area contributed by atoms with E-state index in [1.165, 1.54) is 17.0 Å². The van der Waals surface area contributed by atoms with Gasteiger partial charge in [0.15, 0.2) is 0 Å². The number of nitrogens with one attached hydrogen (secondary N) is 1. The average molecular weight is 617 g/mol. The van der Waals surface area contributed by atoms with Crippen LogP contribution in [0.25, 0.3) is 0 Å². The molecule has 1 atom stereocenters. The van der Waals surface area contributed by atoms with E-state index in [4.69, 9.17) is 4.74 Å². The molecule has 0 saturated carbocycles. The van der Waals surface area contributed by atoms with Gasteiger partial charge in [-0.2, -0.15) is 0 Å². The van der Waals surface area contributed by atoms with Crippen LogP contribution >= 0.6 is 15.9 Å². The molecule has 0 aliphatic carbocycles. The summed E-state index contributed by atoms with van der Waals surface area (Å²) >= 11 is 3.40. The van der Waals surface area contributed by atoms with Crippen molar-refractivity contribution in [3.63, 3.8) is 0 Å². The van der Waals surface area contributed by atoms with Crippen molar-refractivity contribution in [1.29, 1.82) is 0 Å². The first kappa shape index (κ1) is 30.2. The first-order valence-electron chi connectivity index (χ1n) is 12.7. The molecule has 3 aromatic rings. The van der Waals surface area contributed by atoms with Crippen LogP contribution in [0.1, 0.15) is 32.3 Å². The van der Waals surface area contributed by atoms with Gasteiger partial charge in [-0.05, 0) is 60.9 Å². The predicted octanol–water partition coefficient (Wildman–Crippen LogP) is 4.99. The van der Waals surface area contributed by atoms with E-state index in [1.807, 2.05) is 26.0 Å². The molecule has 208 valence electrons. The molecule has 0 spiro atoms. The molecular weight excluding hydrogens is 582 g/mol. The van der Waals surface area contributed by atoms with E-state index < -0.39 is 28.5 Å². The summed E-state index contributed by atoms with van der Waals surface area (Å²) in [6, 6.07) is 21.2. The fraction of sp³-hybridized carbons (Fsp3) is 0.310. The van der Waals surface area contributed by atoms with Crippen LogP contribution in [0, 0.1) is 0 Å². The molecule has 39 heavy (non-hydrogen) atoms. The maximum atomic E-state index is 14.0.